The summed E-state index contributed by atoms with van der Waals surface area (Å²) < 4.78 is 0. The minimum Gasteiger partial charge on any atom is -0.150 e. The van der Waals surface area contributed by atoms with Crippen LogP contribution in [0.15, 0.2) is 47.6 Å². The highest BCUT2D eigenvalue weighted by Gasteiger charge is 2.36. The van der Waals surface area contributed by atoms with Crippen LogP contribution in [0.2, 0.25) is 0 Å². The van der Waals surface area contributed by atoms with Crippen molar-refractivity contribution in [1.82, 2.24) is 0 Å². The van der Waals surface area contributed by atoms with Crippen LogP contribution in [-0.2, 0) is 12.8 Å². The molecule has 2 aliphatic carbocycles. The number of nitrogens with zero attached hydrogens (tertiary/aromatic N) is 1. The molecule has 19 heavy (non-hydrogen) atoms. The second-order valence-corrected chi connectivity index (χ2v) is 5.53. The lowest BCUT2D eigenvalue weighted by molar-refractivity contribution is 0.658. The molecule has 0 aliphatic heterocycles. The van der Waals surface area contributed by atoms with E-state index in [1.807, 2.05) is 0 Å². The standard InChI is InChI=1S/C17H15NO/c19-18-16-10-15-13-6-2-1-4-11(13)8-9-12-5-3-7-14(16)17(12)15/h1-7,15-16H,8-10H2. The number of rotatable bonds is 1. The minimum atomic E-state index is -0.161. The van der Waals surface area contributed by atoms with Gasteiger partial charge < -0.3 is 0 Å². The molecule has 2 atom stereocenters. The summed E-state index contributed by atoms with van der Waals surface area (Å²) in [5.41, 5.74) is 6.79. The molecule has 2 aliphatic rings. The third-order valence-electron chi connectivity index (χ3n) is 4.62. The first-order chi connectivity index (χ1) is 9.38. The Morgan fingerprint density at radius 1 is 0.895 bits per heavy atom. The topological polar surface area (TPSA) is 29.4 Å². The third kappa shape index (κ3) is 1.49. The summed E-state index contributed by atoms with van der Waals surface area (Å²) in [6.07, 6.45) is 3.01. The SMILES string of the molecule is O=NC1CC2c3ccccc3CCc3cccc1c32. The second kappa shape index (κ2) is 4.02. The smallest absolute Gasteiger partial charge is 0.118 e. The molecule has 0 N–H and O–H groups in total. The van der Waals surface area contributed by atoms with Gasteiger partial charge in [0.25, 0.3) is 0 Å². The molecule has 0 fully saturated rings. The van der Waals surface area contributed by atoms with Crippen molar-refractivity contribution in [2.75, 3.05) is 0 Å². The maximum absolute atomic E-state index is 11.1. The van der Waals surface area contributed by atoms with Crippen molar-refractivity contribution in [3.8, 4) is 0 Å². The normalized spacial score (nSPS) is 23.4. The Morgan fingerprint density at radius 2 is 1.63 bits per heavy atom. The van der Waals surface area contributed by atoms with E-state index in [4.69, 9.17) is 0 Å². The van der Waals surface area contributed by atoms with Gasteiger partial charge in [-0.25, -0.2) is 0 Å². The monoisotopic (exact) mass is 249 g/mol. The molecule has 0 aromatic heterocycles. The van der Waals surface area contributed by atoms with Gasteiger partial charge in [0.15, 0.2) is 0 Å². The largest absolute Gasteiger partial charge is 0.150 e. The zero-order valence-electron chi connectivity index (χ0n) is 10.7. The highest BCUT2D eigenvalue weighted by Crippen LogP contribution is 2.49. The van der Waals surface area contributed by atoms with Gasteiger partial charge in [-0.3, -0.25) is 0 Å². The van der Waals surface area contributed by atoms with Gasteiger partial charge in [-0.1, -0.05) is 47.6 Å². The zero-order valence-corrected chi connectivity index (χ0v) is 10.7. The summed E-state index contributed by atoms with van der Waals surface area (Å²) >= 11 is 0. The summed E-state index contributed by atoms with van der Waals surface area (Å²) in [5.74, 6) is 0.368. The summed E-state index contributed by atoms with van der Waals surface area (Å²) in [4.78, 5) is 11.1. The van der Waals surface area contributed by atoms with E-state index in [-0.39, 0.29) is 6.04 Å². The van der Waals surface area contributed by atoms with Crippen LogP contribution < -0.4 is 0 Å². The number of aryl methyl sites for hydroxylation is 2. The lowest BCUT2D eigenvalue weighted by Crippen LogP contribution is -1.99. The van der Waals surface area contributed by atoms with Crippen molar-refractivity contribution >= 4 is 0 Å². The Morgan fingerprint density at radius 3 is 2.53 bits per heavy atom. The Kier molecular flexibility index (Phi) is 2.31. The third-order valence-corrected chi connectivity index (χ3v) is 4.62. The molecular formula is C17H15NO. The Balaban J connectivity index is 1.98. The molecule has 0 spiro atoms. The van der Waals surface area contributed by atoms with Crippen molar-refractivity contribution in [2.24, 2.45) is 5.18 Å². The van der Waals surface area contributed by atoms with Crippen LogP contribution >= 0.6 is 0 Å². The molecule has 0 saturated heterocycles. The predicted molar refractivity (Wildman–Crippen MR) is 75.3 cm³/mol. The zero-order chi connectivity index (χ0) is 12.8. The lowest BCUT2D eigenvalue weighted by Gasteiger charge is -2.14. The Bertz CT molecular complexity index is 662. The van der Waals surface area contributed by atoms with Crippen molar-refractivity contribution in [3.63, 3.8) is 0 Å². The van der Waals surface area contributed by atoms with Gasteiger partial charge in [0.05, 0.1) is 0 Å². The number of benzene rings is 2. The fourth-order valence-electron chi connectivity index (χ4n) is 3.79. The van der Waals surface area contributed by atoms with E-state index in [2.05, 4.69) is 47.6 Å². The Labute approximate surface area is 112 Å². The van der Waals surface area contributed by atoms with Crippen LogP contribution in [0.25, 0.3) is 0 Å². The fraction of sp³-hybridized carbons (Fsp3) is 0.294. The maximum Gasteiger partial charge on any atom is 0.118 e. The molecule has 0 amide bonds. The first-order valence-electron chi connectivity index (χ1n) is 6.90. The molecule has 2 heteroatoms. The van der Waals surface area contributed by atoms with Crippen LogP contribution in [0.1, 0.15) is 46.2 Å². The van der Waals surface area contributed by atoms with Crippen LogP contribution in [0.4, 0.5) is 0 Å². The van der Waals surface area contributed by atoms with Crippen molar-refractivity contribution in [3.05, 3.63) is 75.2 Å². The highest BCUT2D eigenvalue weighted by molar-refractivity contribution is 5.52. The summed E-state index contributed by atoms with van der Waals surface area (Å²) in [6, 6.07) is 14.9. The van der Waals surface area contributed by atoms with E-state index in [0.29, 0.717) is 5.92 Å². The predicted octanol–water partition coefficient (Wildman–Crippen LogP) is 4.13. The van der Waals surface area contributed by atoms with E-state index in [1.54, 1.807) is 0 Å². The molecular weight excluding hydrogens is 234 g/mol. The van der Waals surface area contributed by atoms with Gasteiger partial charge in [0.2, 0.25) is 0 Å². The molecule has 2 unspecified atom stereocenters. The highest BCUT2D eigenvalue weighted by atomic mass is 16.3. The second-order valence-electron chi connectivity index (χ2n) is 5.53. The van der Waals surface area contributed by atoms with E-state index >= 15 is 0 Å². The summed E-state index contributed by atoms with van der Waals surface area (Å²) in [6.45, 7) is 0. The first kappa shape index (κ1) is 10.9. The number of hydrogen-bond acceptors (Lipinski definition) is 2. The molecule has 0 saturated carbocycles. The average molecular weight is 249 g/mol. The van der Waals surface area contributed by atoms with Crippen molar-refractivity contribution in [2.45, 2.75) is 31.2 Å². The van der Waals surface area contributed by atoms with Crippen LogP contribution in [0.3, 0.4) is 0 Å². The molecule has 2 aromatic carbocycles. The average Bonchev–Trinajstić information content (AvgIpc) is 2.76. The van der Waals surface area contributed by atoms with E-state index < -0.39 is 0 Å². The number of nitroso groups, excluding NO2 is 1. The summed E-state index contributed by atoms with van der Waals surface area (Å²) in [7, 11) is 0. The molecule has 0 heterocycles. The van der Waals surface area contributed by atoms with Crippen LogP contribution in [0, 0.1) is 4.91 Å². The molecule has 2 nitrogen and oxygen atoms in total. The first-order valence-corrected chi connectivity index (χ1v) is 6.90. The molecule has 94 valence electrons. The Hall–Kier alpha value is -1.96. The lowest BCUT2D eigenvalue weighted by atomic mass is 9.90. The van der Waals surface area contributed by atoms with Gasteiger partial charge in [0, 0.05) is 5.92 Å². The minimum absolute atomic E-state index is 0.161. The maximum atomic E-state index is 11.1. The van der Waals surface area contributed by atoms with Crippen molar-refractivity contribution < 1.29 is 0 Å². The van der Waals surface area contributed by atoms with E-state index in [0.717, 1.165) is 24.8 Å². The van der Waals surface area contributed by atoms with Gasteiger partial charge in [-0.15, -0.1) is 0 Å². The molecule has 2 aromatic rings. The fourth-order valence-corrected chi connectivity index (χ4v) is 3.79. The molecule has 4 rings (SSSR count). The van der Waals surface area contributed by atoms with Crippen LogP contribution in [0.5, 0.6) is 0 Å². The van der Waals surface area contributed by atoms with E-state index in [1.165, 1.54) is 22.3 Å². The van der Waals surface area contributed by atoms with Crippen LogP contribution in [-0.4, -0.2) is 0 Å². The van der Waals surface area contributed by atoms with Gasteiger partial charge in [-0.05, 0) is 47.1 Å². The quantitative estimate of drug-likeness (QED) is 0.699. The van der Waals surface area contributed by atoms with Gasteiger partial charge in [0.1, 0.15) is 6.04 Å². The van der Waals surface area contributed by atoms with Gasteiger partial charge in [-0.2, -0.15) is 4.91 Å². The number of hydrogen-bond donors (Lipinski definition) is 0. The van der Waals surface area contributed by atoms with Crippen molar-refractivity contribution in [1.29, 1.82) is 0 Å². The molecule has 0 bridgehead atoms. The number of fused-ring (bicyclic) bond motifs is 2. The summed E-state index contributed by atoms with van der Waals surface area (Å²) in [5, 5.41) is 3.35. The van der Waals surface area contributed by atoms with Gasteiger partial charge >= 0.3 is 0 Å². The molecule has 0 radical (unpaired) electrons. The van der Waals surface area contributed by atoms with E-state index in [9.17, 15) is 4.91 Å².